The summed E-state index contributed by atoms with van der Waals surface area (Å²) in [5, 5.41) is 9.35. The van der Waals surface area contributed by atoms with E-state index in [1.54, 1.807) is 10.5 Å². The molecule has 0 spiro atoms. The van der Waals surface area contributed by atoms with E-state index in [-0.39, 0.29) is 5.69 Å². The third-order valence-corrected chi connectivity index (χ3v) is 3.54. The molecule has 0 saturated heterocycles. The first-order valence-corrected chi connectivity index (χ1v) is 6.92. The van der Waals surface area contributed by atoms with E-state index >= 15 is 0 Å². The maximum absolute atomic E-state index is 11.7. The van der Waals surface area contributed by atoms with E-state index in [0.29, 0.717) is 16.9 Å². The summed E-state index contributed by atoms with van der Waals surface area (Å²) in [7, 11) is 1.30. The second-order valence-corrected chi connectivity index (χ2v) is 5.12. The quantitative estimate of drug-likeness (QED) is 0.752. The number of carboxylic acid groups (broad SMARTS) is 1. The van der Waals surface area contributed by atoms with Crippen molar-refractivity contribution in [2.45, 2.75) is 6.92 Å². The molecule has 116 valence electrons. The van der Waals surface area contributed by atoms with Crippen LogP contribution in [0, 0.1) is 6.92 Å². The number of aromatic nitrogens is 2. The van der Waals surface area contributed by atoms with Crippen LogP contribution in [0.4, 0.5) is 0 Å². The van der Waals surface area contributed by atoms with Crippen LogP contribution in [0.1, 0.15) is 26.4 Å². The highest BCUT2D eigenvalue weighted by atomic mass is 16.5. The topological polar surface area (TPSA) is 80.9 Å². The monoisotopic (exact) mass is 310 g/mol. The molecule has 23 heavy (non-hydrogen) atoms. The Bertz CT molecular complexity index is 927. The van der Waals surface area contributed by atoms with Gasteiger partial charge in [-0.05, 0) is 25.1 Å². The summed E-state index contributed by atoms with van der Waals surface area (Å²) >= 11 is 0. The molecule has 1 N–H and O–H groups in total. The summed E-state index contributed by atoms with van der Waals surface area (Å²) in [6.45, 7) is 1.94. The van der Waals surface area contributed by atoms with E-state index in [9.17, 15) is 14.7 Å². The van der Waals surface area contributed by atoms with E-state index in [1.807, 2.05) is 31.2 Å². The van der Waals surface area contributed by atoms with Crippen LogP contribution in [0.3, 0.4) is 0 Å². The van der Waals surface area contributed by atoms with Crippen molar-refractivity contribution in [1.82, 2.24) is 9.38 Å². The summed E-state index contributed by atoms with van der Waals surface area (Å²) in [4.78, 5) is 27.4. The maximum atomic E-state index is 11.7. The van der Waals surface area contributed by atoms with Crippen molar-refractivity contribution in [1.29, 1.82) is 0 Å². The summed E-state index contributed by atoms with van der Waals surface area (Å²) in [6.07, 6.45) is 1.54. The van der Waals surface area contributed by atoms with Crippen molar-refractivity contribution < 1.29 is 19.4 Å². The Morgan fingerprint density at radius 3 is 2.65 bits per heavy atom. The Hall–Kier alpha value is -3.15. The van der Waals surface area contributed by atoms with Crippen LogP contribution in [0.2, 0.25) is 0 Å². The van der Waals surface area contributed by atoms with Crippen LogP contribution < -0.4 is 0 Å². The third kappa shape index (κ3) is 2.55. The molecule has 3 aromatic rings. The lowest BCUT2D eigenvalue weighted by Gasteiger charge is -2.05. The molecule has 0 saturated carbocycles. The number of aromatic carboxylic acids is 1. The highest BCUT2D eigenvalue weighted by molar-refractivity contribution is 5.96. The minimum absolute atomic E-state index is 0.0575. The molecule has 0 bridgehead atoms. The number of methoxy groups -OCH3 is 1. The lowest BCUT2D eigenvalue weighted by atomic mass is 10.1. The number of ether oxygens (including phenoxy) is 1. The van der Waals surface area contributed by atoms with Gasteiger partial charge in [-0.25, -0.2) is 14.6 Å². The van der Waals surface area contributed by atoms with E-state index in [1.165, 1.54) is 19.4 Å². The molecule has 0 aliphatic carbocycles. The number of carboxylic acids is 1. The Kier molecular flexibility index (Phi) is 3.57. The number of nitrogens with zero attached hydrogens (tertiary/aromatic N) is 2. The van der Waals surface area contributed by atoms with Gasteiger partial charge in [0.25, 0.3) is 0 Å². The Balaban J connectivity index is 2.31. The number of imidazole rings is 1. The second kappa shape index (κ2) is 5.57. The van der Waals surface area contributed by atoms with E-state index < -0.39 is 11.9 Å². The molecule has 0 aliphatic rings. The SMILES string of the molecule is COC(=O)c1ccc2c(C(=O)O)nc(-c3cccc(C)c3)n2c1. The summed E-state index contributed by atoms with van der Waals surface area (Å²) in [5.74, 6) is -1.15. The third-order valence-electron chi connectivity index (χ3n) is 3.54. The number of carbonyl (C=O) groups is 2. The average Bonchev–Trinajstić information content (AvgIpc) is 2.93. The highest BCUT2D eigenvalue weighted by Crippen LogP contribution is 2.24. The van der Waals surface area contributed by atoms with Gasteiger partial charge in [0.2, 0.25) is 0 Å². The van der Waals surface area contributed by atoms with Gasteiger partial charge < -0.3 is 9.84 Å². The summed E-state index contributed by atoms with van der Waals surface area (Å²) in [5.41, 5.74) is 2.48. The largest absolute Gasteiger partial charge is 0.476 e. The van der Waals surface area contributed by atoms with Gasteiger partial charge in [-0.3, -0.25) is 4.40 Å². The normalized spacial score (nSPS) is 10.7. The van der Waals surface area contributed by atoms with Crippen molar-refractivity contribution in [3.63, 3.8) is 0 Å². The number of fused-ring (bicyclic) bond motifs is 1. The van der Waals surface area contributed by atoms with E-state index in [2.05, 4.69) is 4.98 Å². The zero-order valence-corrected chi connectivity index (χ0v) is 12.6. The van der Waals surface area contributed by atoms with Gasteiger partial charge in [0.1, 0.15) is 5.82 Å². The number of benzene rings is 1. The van der Waals surface area contributed by atoms with Gasteiger partial charge >= 0.3 is 11.9 Å². The first-order chi connectivity index (χ1) is 11.0. The number of carbonyl (C=O) groups excluding carboxylic acids is 1. The molecule has 2 aromatic heterocycles. The number of hydrogen-bond donors (Lipinski definition) is 1. The van der Waals surface area contributed by atoms with E-state index in [0.717, 1.165) is 11.1 Å². The maximum Gasteiger partial charge on any atom is 0.356 e. The van der Waals surface area contributed by atoms with Crippen LogP contribution in [-0.4, -0.2) is 33.5 Å². The standard InChI is InChI=1S/C17H14N2O4/c1-10-4-3-5-11(8-10)15-18-14(16(20)21)13-7-6-12(9-19(13)15)17(22)23-2/h3-9H,1-2H3,(H,20,21). The molecule has 1 aromatic carbocycles. The predicted molar refractivity (Wildman–Crippen MR) is 83.7 cm³/mol. The van der Waals surface area contributed by atoms with Gasteiger partial charge in [-0.2, -0.15) is 0 Å². The molecular weight excluding hydrogens is 296 g/mol. The highest BCUT2D eigenvalue weighted by Gasteiger charge is 2.19. The van der Waals surface area contributed by atoms with Crippen molar-refractivity contribution in [3.8, 4) is 11.4 Å². The number of pyridine rings is 1. The van der Waals surface area contributed by atoms with E-state index in [4.69, 9.17) is 4.74 Å². The average molecular weight is 310 g/mol. The first-order valence-electron chi connectivity index (χ1n) is 6.92. The van der Waals surface area contributed by atoms with Crippen LogP contribution in [0.5, 0.6) is 0 Å². The number of hydrogen-bond acceptors (Lipinski definition) is 4. The fourth-order valence-electron chi connectivity index (χ4n) is 2.47. The van der Waals surface area contributed by atoms with Crippen LogP contribution in [-0.2, 0) is 4.74 Å². The molecule has 6 heteroatoms. The van der Waals surface area contributed by atoms with Gasteiger partial charge in [0, 0.05) is 11.8 Å². The Labute approximate surface area is 132 Å². The molecular formula is C17H14N2O4. The molecule has 0 aliphatic heterocycles. The molecule has 0 radical (unpaired) electrons. The minimum atomic E-state index is -1.12. The Morgan fingerprint density at radius 1 is 1.22 bits per heavy atom. The summed E-state index contributed by atoms with van der Waals surface area (Å²) in [6, 6.07) is 10.6. The molecule has 2 heterocycles. The molecule has 0 amide bonds. The number of aryl methyl sites for hydroxylation is 1. The Morgan fingerprint density at radius 2 is 2.00 bits per heavy atom. The van der Waals surface area contributed by atoms with Gasteiger partial charge in [-0.1, -0.05) is 23.8 Å². The van der Waals surface area contributed by atoms with Crippen LogP contribution >= 0.6 is 0 Å². The molecule has 6 nitrogen and oxygen atoms in total. The molecule has 0 unspecified atom stereocenters. The number of esters is 1. The molecule has 0 atom stereocenters. The lowest BCUT2D eigenvalue weighted by molar-refractivity contribution is 0.0599. The fraction of sp³-hybridized carbons (Fsp3) is 0.118. The van der Waals surface area contributed by atoms with Crippen molar-refractivity contribution in [3.05, 3.63) is 59.4 Å². The smallest absolute Gasteiger partial charge is 0.356 e. The van der Waals surface area contributed by atoms with Gasteiger partial charge in [0.15, 0.2) is 5.69 Å². The first kappa shape index (κ1) is 14.8. The zero-order valence-electron chi connectivity index (χ0n) is 12.6. The predicted octanol–water partition coefficient (Wildman–Crippen LogP) is 2.79. The minimum Gasteiger partial charge on any atom is -0.476 e. The van der Waals surface area contributed by atoms with Crippen LogP contribution in [0.15, 0.2) is 42.6 Å². The van der Waals surface area contributed by atoms with Crippen molar-refractivity contribution >= 4 is 17.5 Å². The zero-order chi connectivity index (χ0) is 16.6. The van der Waals surface area contributed by atoms with Gasteiger partial charge in [0.05, 0.1) is 18.2 Å². The van der Waals surface area contributed by atoms with Crippen molar-refractivity contribution in [2.75, 3.05) is 7.11 Å². The second-order valence-electron chi connectivity index (χ2n) is 5.12. The van der Waals surface area contributed by atoms with Crippen molar-refractivity contribution in [2.24, 2.45) is 0 Å². The number of rotatable bonds is 3. The molecule has 0 fully saturated rings. The summed E-state index contributed by atoms with van der Waals surface area (Å²) < 4.78 is 6.32. The van der Waals surface area contributed by atoms with Crippen LogP contribution in [0.25, 0.3) is 16.9 Å². The van der Waals surface area contributed by atoms with Gasteiger partial charge in [-0.15, -0.1) is 0 Å². The lowest BCUT2D eigenvalue weighted by Crippen LogP contribution is -2.03. The molecule has 3 rings (SSSR count). The fourth-order valence-corrected chi connectivity index (χ4v) is 2.47.